The molecule has 0 bridgehead atoms. The van der Waals surface area contributed by atoms with E-state index < -0.39 is 0 Å². The van der Waals surface area contributed by atoms with Crippen LogP contribution in [0.5, 0.6) is 0 Å². The Kier molecular flexibility index (Phi) is 5.51. The Hall–Kier alpha value is -0.0800. The van der Waals surface area contributed by atoms with Crippen molar-refractivity contribution >= 4 is 0 Å². The highest BCUT2D eigenvalue weighted by Gasteiger charge is 2.14. The fourth-order valence-electron chi connectivity index (χ4n) is 1.22. The van der Waals surface area contributed by atoms with Gasteiger partial charge in [-0.15, -0.1) is 0 Å². The molecule has 0 spiro atoms. The summed E-state index contributed by atoms with van der Waals surface area (Å²) in [5.74, 6) is 1.32. The molecule has 0 aliphatic rings. The van der Waals surface area contributed by atoms with Crippen LogP contribution >= 0.6 is 0 Å². The van der Waals surface area contributed by atoms with E-state index in [0.29, 0.717) is 17.9 Å². The first kappa shape index (κ1) is 10.9. The number of nitrogens with two attached hydrogens (primary N) is 2. The summed E-state index contributed by atoms with van der Waals surface area (Å²) in [6.45, 7) is 7.34. The third-order valence-electron chi connectivity index (χ3n) is 2.59. The summed E-state index contributed by atoms with van der Waals surface area (Å²) in [4.78, 5) is 0. The first-order valence-electron chi connectivity index (χ1n) is 4.55. The maximum absolute atomic E-state index is 5.78. The van der Waals surface area contributed by atoms with Crippen LogP contribution in [0, 0.1) is 11.8 Å². The Balaban J connectivity index is 3.55. The van der Waals surface area contributed by atoms with Crippen LogP contribution in [0.3, 0.4) is 0 Å². The van der Waals surface area contributed by atoms with E-state index in [1.807, 2.05) is 0 Å². The van der Waals surface area contributed by atoms with Gasteiger partial charge in [-0.05, 0) is 38.1 Å². The molecular weight excluding hydrogens is 136 g/mol. The zero-order chi connectivity index (χ0) is 8.85. The Morgan fingerprint density at radius 1 is 1.18 bits per heavy atom. The molecule has 3 unspecified atom stereocenters. The molecule has 3 atom stereocenters. The van der Waals surface area contributed by atoms with Gasteiger partial charge in [-0.1, -0.05) is 13.8 Å². The van der Waals surface area contributed by atoms with Gasteiger partial charge < -0.3 is 11.5 Å². The highest BCUT2D eigenvalue weighted by molar-refractivity contribution is 4.69. The third-order valence-corrected chi connectivity index (χ3v) is 2.59. The normalized spacial score (nSPS) is 19.4. The van der Waals surface area contributed by atoms with Gasteiger partial charge in [0.05, 0.1) is 0 Å². The first-order valence-corrected chi connectivity index (χ1v) is 4.55. The molecule has 0 aliphatic carbocycles. The average Bonchev–Trinajstić information content (AvgIpc) is 1.98. The van der Waals surface area contributed by atoms with Gasteiger partial charge >= 0.3 is 0 Å². The fraction of sp³-hybridized carbons (Fsp3) is 1.00. The summed E-state index contributed by atoms with van der Waals surface area (Å²) in [5.41, 5.74) is 11.2. The molecule has 0 aliphatic heterocycles. The Bertz CT molecular complexity index is 91.6. The van der Waals surface area contributed by atoms with Crippen molar-refractivity contribution in [1.82, 2.24) is 0 Å². The van der Waals surface area contributed by atoms with Crippen LogP contribution in [0.4, 0.5) is 0 Å². The molecule has 0 aromatic rings. The molecule has 0 fully saturated rings. The smallest absolute Gasteiger partial charge is 0.00386 e. The number of hydrogen-bond acceptors (Lipinski definition) is 2. The molecule has 2 nitrogen and oxygen atoms in total. The summed E-state index contributed by atoms with van der Waals surface area (Å²) in [7, 11) is 0. The van der Waals surface area contributed by atoms with Crippen molar-refractivity contribution in [1.29, 1.82) is 0 Å². The van der Waals surface area contributed by atoms with Crippen molar-refractivity contribution < 1.29 is 0 Å². The molecule has 0 saturated heterocycles. The third kappa shape index (κ3) is 4.38. The van der Waals surface area contributed by atoms with Gasteiger partial charge in [0.15, 0.2) is 0 Å². The van der Waals surface area contributed by atoms with Gasteiger partial charge in [-0.2, -0.15) is 0 Å². The Morgan fingerprint density at radius 2 is 1.73 bits per heavy atom. The zero-order valence-corrected chi connectivity index (χ0v) is 8.01. The van der Waals surface area contributed by atoms with E-state index in [2.05, 4.69) is 20.8 Å². The van der Waals surface area contributed by atoms with Crippen molar-refractivity contribution in [3.05, 3.63) is 0 Å². The van der Waals surface area contributed by atoms with Crippen LogP contribution in [0.2, 0.25) is 0 Å². The molecule has 0 amide bonds. The van der Waals surface area contributed by atoms with E-state index in [9.17, 15) is 0 Å². The van der Waals surface area contributed by atoms with Crippen LogP contribution < -0.4 is 11.5 Å². The highest BCUT2D eigenvalue weighted by Crippen LogP contribution is 2.18. The number of rotatable bonds is 5. The lowest BCUT2D eigenvalue weighted by atomic mass is 9.87. The van der Waals surface area contributed by atoms with Gasteiger partial charge in [0.1, 0.15) is 0 Å². The van der Waals surface area contributed by atoms with Crippen LogP contribution in [0.15, 0.2) is 0 Å². The standard InChI is InChI=1S/C9H22N2/c1-7(5-4-6-10)8(2)9(3)11/h7-9H,4-6,10-11H2,1-3H3. The molecule has 0 aromatic carbocycles. The Morgan fingerprint density at radius 3 is 2.09 bits per heavy atom. The molecule has 0 saturated carbocycles. The molecule has 68 valence electrons. The number of hydrogen-bond donors (Lipinski definition) is 2. The second kappa shape index (κ2) is 5.56. The summed E-state index contributed by atoms with van der Waals surface area (Å²) in [6.07, 6.45) is 2.33. The lowest BCUT2D eigenvalue weighted by Gasteiger charge is -2.22. The second-order valence-corrected chi connectivity index (χ2v) is 3.63. The van der Waals surface area contributed by atoms with E-state index in [4.69, 9.17) is 11.5 Å². The first-order chi connectivity index (χ1) is 5.09. The summed E-state index contributed by atoms with van der Waals surface area (Å²) < 4.78 is 0. The van der Waals surface area contributed by atoms with E-state index >= 15 is 0 Å². The van der Waals surface area contributed by atoms with Gasteiger partial charge in [0, 0.05) is 6.04 Å². The molecule has 2 heteroatoms. The molecule has 0 rings (SSSR count). The monoisotopic (exact) mass is 158 g/mol. The van der Waals surface area contributed by atoms with Crippen molar-refractivity contribution in [2.45, 2.75) is 39.7 Å². The van der Waals surface area contributed by atoms with Crippen molar-refractivity contribution in [2.75, 3.05) is 6.54 Å². The van der Waals surface area contributed by atoms with Crippen LogP contribution in [0.25, 0.3) is 0 Å². The SMILES string of the molecule is CC(N)C(C)C(C)CCCN. The summed E-state index contributed by atoms with van der Waals surface area (Å²) in [5, 5.41) is 0. The van der Waals surface area contributed by atoms with Crippen molar-refractivity contribution in [3.63, 3.8) is 0 Å². The fourth-order valence-corrected chi connectivity index (χ4v) is 1.22. The van der Waals surface area contributed by atoms with Gasteiger partial charge in [0.2, 0.25) is 0 Å². The van der Waals surface area contributed by atoms with Crippen LogP contribution in [0.1, 0.15) is 33.6 Å². The minimum atomic E-state index is 0.308. The van der Waals surface area contributed by atoms with E-state index in [0.717, 1.165) is 13.0 Å². The van der Waals surface area contributed by atoms with Gasteiger partial charge in [0.25, 0.3) is 0 Å². The Labute approximate surface area is 70.3 Å². The topological polar surface area (TPSA) is 52.0 Å². The molecule has 0 heterocycles. The maximum atomic E-state index is 5.78. The average molecular weight is 158 g/mol. The largest absolute Gasteiger partial charge is 0.330 e. The quantitative estimate of drug-likeness (QED) is 0.634. The van der Waals surface area contributed by atoms with Gasteiger partial charge in [-0.25, -0.2) is 0 Å². The van der Waals surface area contributed by atoms with Gasteiger partial charge in [-0.3, -0.25) is 0 Å². The lowest BCUT2D eigenvalue weighted by Crippen LogP contribution is -2.29. The zero-order valence-electron chi connectivity index (χ0n) is 8.01. The van der Waals surface area contributed by atoms with Crippen molar-refractivity contribution in [2.24, 2.45) is 23.3 Å². The molecular formula is C9H22N2. The molecule has 0 aromatic heterocycles. The summed E-state index contributed by atoms with van der Waals surface area (Å²) >= 11 is 0. The molecule has 4 N–H and O–H groups in total. The highest BCUT2D eigenvalue weighted by atomic mass is 14.6. The second-order valence-electron chi connectivity index (χ2n) is 3.63. The molecule has 11 heavy (non-hydrogen) atoms. The van der Waals surface area contributed by atoms with E-state index in [1.165, 1.54) is 6.42 Å². The molecule has 0 radical (unpaired) electrons. The van der Waals surface area contributed by atoms with Crippen LogP contribution in [-0.2, 0) is 0 Å². The predicted octanol–water partition coefficient (Wildman–Crippen LogP) is 1.34. The predicted molar refractivity (Wildman–Crippen MR) is 50.3 cm³/mol. The minimum absolute atomic E-state index is 0.308. The van der Waals surface area contributed by atoms with E-state index in [-0.39, 0.29) is 0 Å². The lowest BCUT2D eigenvalue weighted by molar-refractivity contribution is 0.316. The minimum Gasteiger partial charge on any atom is -0.330 e. The maximum Gasteiger partial charge on any atom is 0.00386 e. The van der Waals surface area contributed by atoms with E-state index in [1.54, 1.807) is 0 Å². The summed E-state index contributed by atoms with van der Waals surface area (Å²) in [6, 6.07) is 0.308. The van der Waals surface area contributed by atoms with Crippen LogP contribution in [-0.4, -0.2) is 12.6 Å². The van der Waals surface area contributed by atoms with Crippen molar-refractivity contribution in [3.8, 4) is 0 Å².